The number of benzene rings is 2. The Kier molecular flexibility index (Phi) is 4.77. The van der Waals surface area contributed by atoms with E-state index in [4.69, 9.17) is 23.2 Å². The number of fused-ring (bicyclic) bond motifs is 3. The lowest BCUT2D eigenvalue weighted by Crippen LogP contribution is -2.53. The molecule has 2 aromatic rings. The maximum atomic E-state index is 15.5. The van der Waals surface area contributed by atoms with Crippen molar-refractivity contribution in [1.82, 2.24) is 10.2 Å². The summed E-state index contributed by atoms with van der Waals surface area (Å²) in [5.74, 6) is -3.16. The van der Waals surface area contributed by atoms with E-state index >= 15 is 4.39 Å². The Labute approximate surface area is 199 Å². The summed E-state index contributed by atoms with van der Waals surface area (Å²) in [5.41, 5.74) is -0.488. The summed E-state index contributed by atoms with van der Waals surface area (Å²) in [4.78, 5) is 29.2. The van der Waals surface area contributed by atoms with Gasteiger partial charge in [0.15, 0.2) is 0 Å². The SMILES string of the molecule is O=C1NCC[C@H]2[C@@H]1[C@H](c1cccc(Cl)c1F)[C@]1(C(=O)Nc3cc(Cl)c(F)cc31)N2CC1CC1. The van der Waals surface area contributed by atoms with E-state index in [-0.39, 0.29) is 27.6 Å². The Bertz CT molecular complexity index is 1200. The molecule has 3 heterocycles. The fourth-order valence-electron chi connectivity index (χ4n) is 6.18. The molecular weight excluding hydrogens is 471 g/mol. The van der Waals surface area contributed by atoms with Gasteiger partial charge in [0.2, 0.25) is 11.8 Å². The number of hydrogen-bond donors (Lipinski definition) is 2. The van der Waals surface area contributed by atoms with Crippen LogP contribution in [-0.4, -0.2) is 35.8 Å². The first kappa shape index (κ1) is 21.3. The highest BCUT2D eigenvalue weighted by molar-refractivity contribution is 6.31. The van der Waals surface area contributed by atoms with Gasteiger partial charge in [0.1, 0.15) is 17.2 Å². The maximum Gasteiger partial charge on any atom is 0.250 e. The zero-order chi connectivity index (χ0) is 23.1. The second kappa shape index (κ2) is 7.39. The molecule has 3 aliphatic heterocycles. The van der Waals surface area contributed by atoms with Crippen LogP contribution in [0.3, 0.4) is 0 Å². The average Bonchev–Trinajstić information content (AvgIpc) is 3.50. The van der Waals surface area contributed by atoms with Crippen LogP contribution < -0.4 is 10.6 Å². The first-order valence-corrected chi connectivity index (χ1v) is 11.9. The quantitative estimate of drug-likeness (QED) is 0.667. The number of anilines is 1. The van der Waals surface area contributed by atoms with Gasteiger partial charge in [-0.05, 0) is 48.9 Å². The first-order valence-electron chi connectivity index (χ1n) is 11.1. The number of carbonyl (C=O) groups excluding carboxylic acids is 2. The van der Waals surface area contributed by atoms with Crippen LogP contribution in [0.2, 0.25) is 10.0 Å². The smallest absolute Gasteiger partial charge is 0.250 e. The number of nitrogens with one attached hydrogen (secondary N) is 2. The van der Waals surface area contributed by atoms with Gasteiger partial charge in [-0.3, -0.25) is 14.5 Å². The van der Waals surface area contributed by atoms with E-state index in [0.717, 1.165) is 12.8 Å². The third kappa shape index (κ3) is 2.92. The second-order valence-electron chi connectivity index (χ2n) is 9.42. The van der Waals surface area contributed by atoms with E-state index in [2.05, 4.69) is 10.6 Å². The minimum absolute atomic E-state index is 0.0861. The molecule has 33 heavy (non-hydrogen) atoms. The topological polar surface area (TPSA) is 61.4 Å². The molecule has 0 bridgehead atoms. The van der Waals surface area contributed by atoms with Crippen molar-refractivity contribution < 1.29 is 18.4 Å². The molecule has 0 unspecified atom stereocenters. The summed E-state index contributed by atoms with van der Waals surface area (Å²) in [6.07, 6.45) is 2.66. The summed E-state index contributed by atoms with van der Waals surface area (Å²) < 4.78 is 30.3. The van der Waals surface area contributed by atoms with Crippen molar-refractivity contribution in [3.05, 3.63) is 63.1 Å². The van der Waals surface area contributed by atoms with Crippen LogP contribution in [0.15, 0.2) is 30.3 Å². The second-order valence-corrected chi connectivity index (χ2v) is 10.2. The van der Waals surface area contributed by atoms with Gasteiger partial charge in [0.05, 0.1) is 16.0 Å². The Morgan fingerprint density at radius 1 is 1.09 bits per heavy atom. The molecule has 0 aromatic heterocycles. The van der Waals surface area contributed by atoms with E-state index in [1.807, 2.05) is 4.90 Å². The molecule has 2 saturated heterocycles. The van der Waals surface area contributed by atoms with Crippen molar-refractivity contribution in [2.24, 2.45) is 11.8 Å². The third-order valence-electron chi connectivity index (χ3n) is 7.65. The average molecular weight is 492 g/mol. The van der Waals surface area contributed by atoms with Crippen molar-refractivity contribution in [3.63, 3.8) is 0 Å². The van der Waals surface area contributed by atoms with E-state index in [1.165, 1.54) is 18.2 Å². The number of carbonyl (C=O) groups is 2. The molecule has 1 spiro atoms. The lowest BCUT2D eigenvalue weighted by atomic mass is 9.70. The third-order valence-corrected chi connectivity index (χ3v) is 8.23. The van der Waals surface area contributed by atoms with Crippen molar-refractivity contribution in [2.45, 2.75) is 36.8 Å². The van der Waals surface area contributed by atoms with Crippen molar-refractivity contribution >= 4 is 40.7 Å². The van der Waals surface area contributed by atoms with Gasteiger partial charge < -0.3 is 10.6 Å². The molecule has 2 aromatic carbocycles. The molecule has 0 radical (unpaired) electrons. The van der Waals surface area contributed by atoms with Crippen LogP contribution in [0.25, 0.3) is 0 Å². The standard InChI is InChI=1S/C24H21Cl2F2N3O2/c25-14-3-1-2-12(21(14)28)20-19-18(6-7-29-22(19)32)31(10-11-4-5-11)24(20)13-8-16(27)15(26)9-17(13)30-23(24)33/h1-3,8-9,11,18-20H,4-7,10H2,(H,29,32)(H,30,33)/t18-,19+,20-,24+/m0/s1. The van der Waals surface area contributed by atoms with Gasteiger partial charge in [0.25, 0.3) is 0 Å². The summed E-state index contributed by atoms with van der Waals surface area (Å²) in [5, 5.41) is 5.56. The molecule has 6 rings (SSSR count). The summed E-state index contributed by atoms with van der Waals surface area (Å²) >= 11 is 12.2. The van der Waals surface area contributed by atoms with Gasteiger partial charge in [0, 0.05) is 36.3 Å². The van der Waals surface area contributed by atoms with Crippen molar-refractivity contribution in [2.75, 3.05) is 18.4 Å². The molecule has 2 N–H and O–H groups in total. The van der Waals surface area contributed by atoms with Gasteiger partial charge in [-0.15, -0.1) is 0 Å². The highest BCUT2D eigenvalue weighted by atomic mass is 35.5. The fourth-order valence-corrected chi connectivity index (χ4v) is 6.52. The van der Waals surface area contributed by atoms with Crippen LogP contribution in [0.1, 0.15) is 36.3 Å². The lowest BCUT2D eigenvalue weighted by Gasteiger charge is -2.40. The normalized spacial score (nSPS) is 30.8. The van der Waals surface area contributed by atoms with Crippen LogP contribution in [-0.2, 0) is 15.1 Å². The largest absolute Gasteiger partial charge is 0.356 e. The minimum Gasteiger partial charge on any atom is -0.356 e. The Balaban J connectivity index is 1.67. The zero-order valence-corrected chi connectivity index (χ0v) is 19.0. The molecule has 1 saturated carbocycles. The van der Waals surface area contributed by atoms with E-state index in [1.54, 1.807) is 12.1 Å². The van der Waals surface area contributed by atoms with E-state index in [0.29, 0.717) is 36.7 Å². The van der Waals surface area contributed by atoms with Crippen LogP contribution in [0, 0.1) is 23.5 Å². The van der Waals surface area contributed by atoms with Gasteiger partial charge in [-0.1, -0.05) is 35.3 Å². The molecule has 172 valence electrons. The number of amides is 2. The summed E-state index contributed by atoms with van der Waals surface area (Å²) in [7, 11) is 0. The molecule has 9 heteroatoms. The van der Waals surface area contributed by atoms with Crippen LogP contribution in [0.4, 0.5) is 14.5 Å². The van der Waals surface area contributed by atoms with Crippen LogP contribution >= 0.6 is 23.2 Å². The molecule has 3 fully saturated rings. The lowest BCUT2D eigenvalue weighted by molar-refractivity contribution is -0.128. The number of rotatable bonds is 3. The molecule has 2 amide bonds. The number of likely N-dealkylation sites (tertiary alicyclic amines) is 1. The van der Waals surface area contributed by atoms with E-state index < -0.39 is 34.9 Å². The zero-order valence-electron chi connectivity index (χ0n) is 17.5. The summed E-state index contributed by atoms with van der Waals surface area (Å²) in [6.45, 7) is 1.04. The highest BCUT2D eigenvalue weighted by Crippen LogP contribution is 2.61. The number of piperidine rings is 1. The maximum absolute atomic E-state index is 15.5. The van der Waals surface area contributed by atoms with Gasteiger partial charge >= 0.3 is 0 Å². The van der Waals surface area contributed by atoms with Gasteiger partial charge in [-0.2, -0.15) is 0 Å². The van der Waals surface area contributed by atoms with E-state index in [9.17, 15) is 14.0 Å². The predicted molar refractivity (Wildman–Crippen MR) is 120 cm³/mol. The minimum atomic E-state index is -1.45. The molecular formula is C24H21Cl2F2N3O2. The van der Waals surface area contributed by atoms with Gasteiger partial charge in [-0.25, -0.2) is 8.78 Å². The Morgan fingerprint density at radius 2 is 1.88 bits per heavy atom. The summed E-state index contributed by atoms with van der Waals surface area (Å²) in [6, 6.07) is 6.99. The first-order chi connectivity index (χ1) is 15.8. The van der Waals surface area contributed by atoms with Crippen molar-refractivity contribution in [1.29, 1.82) is 0 Å². The molecule has 4 atom stereocenters. The number of hydrogen-bond acceptors (Lipinski definition) is 3. The number of halogens is 4. The fraction of sp³-hybridized carbons (Fsp3) is 0.417. The van der Waals surface area contributed by atoms with Crippen LogP contribution in [0.5, 0.6) is 0 Å². The highest BCUT2D eigenvalue weighted by Gasteiger charge is 2.69. The van der Waals surface area contributed by atoms with Crippen molar-refractivity contribution in [3.8, 4) is 0 Å². The Hall–Kier alpha value is -2.22. The molecule has 4 aliphatic rings. The Morgan fingerprint density at radius 3 is 2.64 bits per heavy atom. The number of nitrogens with zero attached hydrogens (tertiary/aromatic N) is 1. The molecule has 5 nitrogen and oxygen atoms in total. The molecule has 1 aliphatic carbocycles. The monoisotopic (exact) mass is 491 g/mol. The predicted octanol–water partition coefficient (Wildman–Crippen LogP) is 4.43.